The van der Waals surface area contributed by atoms with E-state index in [4.69, 9.17) is 5.73 Å². The molecule has 0 radical (unpaired) electrons. The smallest absolute Gasteiger partial charge is 0.229 e. The molecule has 0 spiro atoms. The number of carbonyl (C=O) groups excluding carboxylic acids is 2. The van der Waals surface area contributed by atoms with Gasteiger partial charge in [-0.1, -0.05) is 42.0 Å². The van der Waals surface area contributed by atoms with Gasteiger partial charge in [0.05, 0.1) is 28.6 Å². The Morgan fingerprint density at radius 1 is 1.11 bits per heavy atom. The van der Waals surface area contributed by atoms with Gasteiger partial charge in [-0.25, -0.2) is 4.98 Å². The number of thiazole rings is 1. The van der Waals surface area contributed by atoms with E-state index in [-0.39, 0.29) is 18.1 Å². The monoisotopic (exact) mass is 411 g/mol. The summed E-state index contributed by atoms with van der Waals surface area (Å²) in [6.07, 6.45) is 0.240. The fourth-order valence-corrected chi connectivity index (χ4v) is 4.41. The second-order valence-corrected chi connectivity index (χ2v) is 8.65. The van der Waals surface area contributed by atoms with Gasteiger partial charge >= 0.3 is 0 Å². The minimum absolute atomic E-state index is 0.121. The number of aromatic nitrogens is 1. The van der Waals surface area contributed by atoms with E-state index in [1.165, 1.54) is 28.7 Å². The second kappa shape index (κ2) is 9.03. The summed E-state index contributed by atoms with van der Waals surface area (Å²) in [4.78, 5) is 30.1. The lowest BCUT2D eigenvalue weighted by Crippen LogP contribution is -2.16. The van der Waals surface area contributed by atoms with E-state index in [0.717, 1.165) is 26.0 Å². The molecule has 1 aromatic heterocycles. The van der Waals surface area contributed by atoms with Crippen molar-refractivity contribution in [3.63, 3.8) is 0 Å². The number of nitrogens with two attached hydrogens (primary N) is 1. The van der Waals surface area contributed by atoms with E-state index >= 15 is 0 Å². The molecule has 0 saturated heterocycles. The number of thioether (sulfide) groups is 1. The number of nitrogens with one attached hydrogen (secondary N) is 1. The van der Waals surface area contributed by atoms with Crippen molar-refractivity contribution in [1.82, 2.24) is 4.98 Å². The molecule has 28 heavy (non-hydrogen) atoms. The average Bonchev–Trinajstić information content (AvgIpc) is 3.01. The molecule has 2 amide bonds. The van der Waals surface area contributed by atoms with Crippen LogP contribution in [-0.2, 0) is 16.0 Å². The van der Waals surface area contributed by atoms with Crippen LogP contribution in [0.5, 0.6) is 0 Å². The van der Waals surface area contributed by atoms with Crippen molar-refractivity contribution in [2.24, 2.45) is 5.73 Å². The first-order chi connectivity index (χ1) is 13.4. The van der Waals surface area contributed by atoms with Gasteiger partial charge in [0.1, 0.15) is 0 Å². The van der Waals surface area contributed by atoms with Crippen molar-refractivity contribution in [3.05, 3.63) is 64.0 Å². The molecule has 0 saturated carbocycles. The van der Waals surface area contributed by atoms with Crippen molar-refractivity contribution in [1.29, 1.82) is 0 Å². The van der Waals surface area contributed by atoms with Gasteiger partial charge in [0.15, 0.2) is 0 Å². The molecular weight excluding hydrogens is 390 g/mol. The van der Waals surface area contributed by atoms with Crippen molar-refractivity contribution in [3.8, 4) is 11.3 Å². The molecule has 0 bridgehead atoms. The van der Waals surface area contributed by atoms with E-state index in [1.807, 2.05) is 62.4 Å². The van der Waals surface area contributed by atoms with Crippen LogP contribution in [0, 0.1) is 13.8 Å². The molecule has 3 N–H and O–H groups in total. The molecule has 0 aliphatic heterocycles. The van der Waals surface area contributed by atoms with Gasteiger partial charge in [0, 0.05) is 15.3 Å². The minimum Gasteiger partial charge on any atom is -0.369 e. The predicted molar refractivity (Wildman–Crippen MR) is 116 cm³/mol. The Balaban J connectivity index is 1.76. The quantitative estimate of drug-likeness (QED) is 0.571. The van der Waals surface area contributed by atoms with Gasteiger partial charge in [-0.2, -0.15) is 0 Å². The third-order valence-electron chi connectivity index (χ3n) is 3.98. The van der Waals surface area contributed by atoms with E-state index in [1.54, 1.807) is 0 Å². The SMILES string of the molecule is Cc1ccc(-c2nc(C)sc2CC(=O)Nc2ccccc2SCC(N)=O)cc1. The summed E-state index contributed by atoms with van der Waals surface area (Å²) >= 11 is 2.84. The zero-order valence-corrected chi connectivity index (χ0v) is 17.3. The van der Waals surface area contributed by atoms with Crippen LogP contribution in [0.1, 0.15) is 15.4 Å². The Morgan fingerprint density at radius 3 is 2.54 bits per heavy atom. The number of nitrogens with zero attached hydrogens (tertiary/aromatic N) is 1. The fourth-order valence-electron chi connectivity index (χ4n) is 2.71. The van der Waals surface area contributed by atoms with Crippen LogP contribution in [0.2, 0.25) is 0 Å². The standard InChI is InChI=1S/C21H21N3O2S2/c1-13-7-9-15(10-8-13)21-18(28-14(2)23-21)11-20(26)24-16-5-3-4-6-17(16)27-12-19(22)25/h3-10H,11-12H2,1-2H3,(H2,22,25)(H,24,26). The Kier molecular flexibility index (Phi) is 6.49. The first-order valence-corrected chi connectivity index (χ1v) is 10.6. The zero-order valence-electron chi connectivity index (χ0n) is 15.7. The Bertz CT molecular complexity index is 997. The lowest BCUT2D eigenvalue weighted by Gasteiger charge is -2.10. The van der Waals surface area contributed by atoms with Crippen LogP contribution in [0.4, 0.5) is 5.69 Å². The number of benzene rings is 2. The molecule has 3 aromatic rings. The van der Waals surface area contributed by atoms with Crippen molar-refractivity contribution < 1.29 is 9.59 Å². The lowest BCUT2D eigenvalue weighted by molar-refractivity contribution is -0.116. The van der Waals surface area contributed by atoms with Crippen LogP contribution in [0.25, 0.3) is 11.3 Å². The number of hydrogen-bond acceptors (Lipinski definition) is 5. The van der Waals surface area contributed by atoms with Gasteiger partial charge in [-0.15, -0.1) is 23.1 Å². The van der Waals surface area contributed by atoms with Crippen LogP contribution in [-0.4, -0.2) is 22.6 Å². The third-order valence-corrected chi connectivity index (χ3v) is 6.05. The number of anilines is 1. The normalized spacial score (nSPS) is 10.6. The van der Waals surface area contributed by atoms with Crippen LogP contribution in [0.15, 0.2) is 53.4 Å². The highest BCUT2D eigenvalue weighted by Gasteiger charge is 2.16. The van der Waals surface area contributed by atoms with Crippen molar-refractivity contribution in [2.45, 2.75) is 25.2 Å². The molecular formula is C21H21N3O2S2. The Labute approximate surface area is 172 Å². The highest BCUT2D eigenvalue weighted by molar-refractivity contribution is 8.00. The maximum atomic E-state index is 12.7. The fraction of sp³-hybridized carbons (Fsp3) is 0.190. The highest BCUT2D eigenvalue weighted by Crippen LogP contribution is 2.30. The molecule has 3 rings (SSSR count). The maximum Gasteiger partial charge on any atom is 0.229 e. The maximum absolute atomic E-state index is 12.7. The highest BCUT2D eigenvalue weighted by atomic mass is 32.2. The molecule has 0 unspecified atom stereocenters. The topological polar surface area (TPSA) is 85.1 Å². The number of amides is 2. The average molecular weight is 412 g/mol. The number of carbonyl (C=O) groups is 2. The summed E-state index contributed by atoms with van der Waals surface area (Å²) in [7, 11) is 0. The second-order valence-electron chi connectivity index (χ2n) is 6.35. The summed E-state index contributed by atoms with van der Waals surface area (Å²) in [5.41, 5.74) is 8.95. The van der Waals surface area contributed by atoms with Crippen LogP contribution < -0.4 is 11.1 Å². The summed E-state index contributed by atoms with van der Waals surface area (Å²) in [5.74, 6) is -0.350. The van der Waals surface area contributed by atoms with Crippen molar-refractivity contribution >= 4 is 40.6 Å². The molecule has 5 nitrogen and oxygen atoms in total. The van der Waals surface area contributed by atoms with Crippen molar-refractivity contribution in [2.75, 3.05) is 11.1 Å². The van der Waals surface area contributed by atoms with E-state index < -0.39 is 5.91 Å². The molecule has 7 heteroatoms. The van der Waals surface area contributed by atoms with Gasteiger partial charge in [0.25, 0.3) is 0 Å². The molecule has 144 valence electrons. The van der Waals surface area contributed by atoms with E-state index in [9.17, 15) is 9.59 Å². The molecule has 2 aromatic carbocycles. The summed E-state index contributed by atoms with van der Waals surface area (Å²) < 4.78 is 0. The molecule has 0 fully saturated rings. The summed E-state index contributed by atoms with van der Waals surface area (Å²) in [6.45, 7) is 3.98. The number of aryl methyl sites for hydroxylation is 2. The van der Waals surface area contributed by atoms with E-state index in [2.05, 4.69) is 10.3 Å². The number of hydrogen-bond donors (Lipinski definition) is 2. The number of rotatable bonds is 7. The lowest BCUT2D eigenvalue weighted by atomic mass is 10.1. The number of para-hydroxylation sites is 1. The zero-order chi connectivity index (χ0) is 20.1. The van der Waals surface area contributed by atoms with Crippen LogP contribution in [0.3, 0.4) is 0 Å². The van der Waals surface area contributed by atoms with E-state index in [0.29, 0.717) is 5.69 Å². The number of primary amides is 1. The molecule has 0 aliphatic carbocycles. The van der Waals surface area contributed by atoms with Gasteiger partial charge < -0.3 is 11.1 Å². The Hall–Kier alpha value is -2.64. The van der Waals surface area contributed by atoms with Gasteiger partial charge in [-0.3, -0.25) is 9.59 Å². The largest absolute Gasteiger partial charge is 0.369 e. The minimum atomic E-state index is -0.394. The van der Waals surface area contributed by atoms with Gasteiger partial charge in [-0.05, 0) is 26.0 Å². The first-order valence-electron chi connectivity index (χ1n) is 8.75. The summed E-state index contributed by atoms with van der Waals surface area (Å²) in [5, 5.41) is 3.87. The Morgan fingerprint density at radius 2 is 1.82 bits per heavy atom. The van der Waals surface area contributed by atoms with Crippen LogP contribution >= 0.6 is 23.1 Å². The molecule has 0 atom stereocenters. The predicted octanol–water partition coefficient (Wildman–Crippen LogP) is 4.19. The molecule has 0 aliphatic rings. The molecule has 1 heterocycles. The first kappa shape index (κ1) is 20.1. The summed E-state index contributed by atoms with van der Waals surface area (Å²) in [6, 6.07) is 15.5. The third kappa shape index (κ3) is 5.21. The van der Waals surface area contributed by atoms with Gasteiger partial charge in [0.2, 0.25) is 11.8 Å².